The summed E-state index contributed by atoms with van der Waals surface area (Å²) < 4.78 is 14.2. The van der Waals surface area contributed by atoms with Gasteiger partial charge < -0.3 is 17.2 Å². The summed E-state index contributed by atoms with van der Waals surface area (Å²) in [5, 5.41) is 7.07. The highest BCUT2D eigenvalue weighted by atomic mass is 19.1. The lowest BCUT2D eigenvalue weighted by molar-refractivity contribution is 0.592. The Kier molecular flexibility index (Phi) is 5.22. The Morgan fingerprint density at radius 2 is 2.10 bits per heavy atom. The number of allylic oxidation sites excluding steroid dienone is 3. The van der Waals surface area contributed by atoms with Gasteiger partial charge in [-0.05, 0) is 62.1 Å². The Balaban J connectivity index is 1.69. The molecule has 3 aromatic rings. The highest BCUT2D eigenvalue weighted by molar-refractivity contribution is 5.75. The molecule has 2 heterocycles. The van der Waals surface area contributed by atoms with Gasteiger partial charge in [0.1, 0.15) is 11.6 Å². The number of aryl methyl sites for hydroxylation is 1. The van der Waals surface area contributed by atoms with E-state index in [9.17, 15) is 4.39 Å². The number of H-pyrrole nitrogens is 1. The second kappa shape index (κ2) is 7.98. The Morgan fingerprint density at radius 1 is 1.27 bits per heavy atom. The van der Waals surface area contributed by atoms with Crippen LogP contribution in [0.4, 0.5) is 10.1 Å². The fourth-order valence-corrected chi connectivity index (χ4v) is 3.84. The van der Waals surface area contributed by atoms with Gasteiger partial charge in [0.2, 0.25) is 0 Å². The first-order valence-corrected chi connectivity index (χ1v) is 9.79. The van der Waals surface area contributed by atoms with E-state index >= 15 is 0 Å². The molecule has 1 aliphatic rings. The molecule has 0 spiro atoms. The van der Waals surface area contributed by atoms with Crippen LogP contribution in [0.3, 0.4) is 0 Å². The van der Waals surface area contributed by atoms with Crippen molar-refractivity contribution in [2.75, 3.05) is 5.73 Å². The minimum Gasteiger partial charge on any atom is -0.401 e. The monoisotopic (exact) mass is 405 g/mol. The zero-order chi connectivity index (χ0) is 21.3. The summed E-state index contributed by atoms with van der Waals surface area (Å²) in [6.07, 6.45) is 6.02. The van der Waals surface area contributed by atoms with Crippen molar-refractivity contribution in [3.05, 3.63) is 76.8 Å². The normalized spacial score (nSPS) is 17.4. The third-order valence-electron chi connectivity index (χ3n) is 5.34. The summed E-state index contributed by atoms with van der Waals surface area (Å²) in [4.78, 5) is 8.91. The minimum absolute atomic E-state index is 0.0595. The van der Waals surface area contributed by atoms with Gasteiger partial charge in [-0.1, -0.05) is 6.07 Å². The zero-order valence-electron chi connectivity index (χ0n) is 16.7. The molecule has 0 bridgehead atoms. The van der Waals surface area contributed by atoms with E-state index in [1.165, 1.54) is 6.07 Å². The molecule has 7 nitrogen and oxygen atoms in total. The van der Waals surface area contributed by atoms with Gasteiger partial charge >= 0.3 is 0 Å². The van der Waals surface area contributed by atoms with Crippen LogP contribution in [0.5, 0.6) is 0 Å². The molecule has 0 fully saturated rings. The van der Waals surface area contributed by atoms with Crippen molar-refractivity contribution in [2.45, 2.75) is 32.1 Å². The first-order chi connectivity index (χ1) is 14.4. The van der Waals surface area contributed by atoms with Crippen LogP contribution in [-0.2, 0) is 0 Å². The number of rotatable bonds is 4. The van der Waals surface area contributed by atoms with Crippen molar-refractivity contribution >= 4 is 11.4 Å². The lowest BCUT2D eigenvalue weighted by Crippen LogP contribution is -2.18. The fraction of sp³-hybridized carbons (Fsp3) is 0.227. The molecule has 7 N–H and O–H groups in total. The molecular formula is C22H24FN7. The Bertz CT molecular complexity index is 1130. The molecular weight excluding hydrogens is 381 g/mol. The van der Waals surface area contributed by atoms with Crippen LogP contribution in [0.25, 0.3) is 17.1 Å². The average Bonchev–Trinajstić information content (AvgIpc) is 3.16. The third-order valence-corrected chi connectivity index (χ3v) is 5.34. The van der Waals surface area contributed by atoms with E-state index in [-0.39, 0.29) is 17.2 Å². The van der Waals surface area contributed by atoms with Crippen LogP contribution in [0.15, 0.2) is 53.9 Å². The Hall–Kier alpha value is -3.68. The van der Waals surface area contributed by atoms with Crippen LogP contribution in [0, 0.1) is 12.7 Å². The summed E-state index contributed by atoms with van der Waals surface area (Å²) in [6, 6.07) is 8.36. The van der Waals surface area contributed by atoms with Crippen molar-refractivity contribution in [3.8, 4) is 11.4 Å². The standard InChI is InChI=1S/C22H24FN7/c1-12-28-22(30-29-12)14-8-9-27-19(11-14)15-5-2-4-13(21(15)26)10-18(25)20-16(23)6-3-7-17(20)24/h3,6-11,15H,2,4-5,24-26H2,1H3,(H,28,29,30)/b18-10-. The van der Waals surface area contributed by atoms with Gasteiger partial charge in [-0.2, -0.15) is 5.10 Å². The van der Waals surface area contributed by atoms with E-state index in [1.54, 1.807) is 24.4 Å². The molecule has 0 saturated heterocycles. The van der Waals surface area contributed by atoms with Crippen molar-refractivity contribution in [2.24, 2.45) is 11.5 Å². The molecule has 1 unspecified atom stereocenters. The number of anilines is 1. The lowest BCUT2D eigenvalue weighted by Gasteiger charge is -2.25. The van der Waals surface area contributed by atoms with Crippen molar-refractivity contribution in [1.29, 1.82) is 0 Å². The van der Waals surface area contributed by atoms with E-state index in [1.807, 2.05) is 19.1 Å². The molecule has 0 aliphatic heterocycles. The number of aromatic amines is 1. The van der Waals surface area contributed by atoms with E-state index in [0.717, 1.165) is 41.9 Å². The zero-order valence-corrected chi connectivity index (χ0v) is 16.7. The second-order valence-electron chi connectivity index (χ2n) is 7.44. The number of nitrogens with one attached hydrogen (secondary N) is 1. The molecule has 2 aromatic heterocycles. The van der Waals surface area contributed by atoms with Gasteiger partial charge in [0.15, 0.2) is 5.82 Å². The van der Waals surface area contributed by atoms with Gasteiger partial charge in [-0.15, -0.1) is 0 Å². The highest BCUT2D eigenvalue weighted by Crippen LogP contribution is 2.36. The fourth-order valence-electron chi connectivity index (χ4n) is 3.84. The van der Waals surface area contributed by atoms with Gasteiger partial charge in [0.05, 0.1) is 11.3 Å². The van der Waals surface area contributed by atoms with Gasteiger partial charge in [-0.25, -0.2) is 9.37 Å². The second-order valence-corrected chi connectivity index (χ2v) is 7.44. The SMILES string of the molecule is Cc1nc(-c2ccnc(C3CCCC(/C=C(\N)c4c(N)cccc4F)=C3N)c2)n[nH]1. The predicted octanol–water partition coefficient (Wildman–Crippen LogP) is 3.38. The molecule has 0 saturated carbocycles. The summed E-state index contributed by atoms with van der Waals surface area (Å²) in [7, 11) is 0. The minimum atomic E-state index is -0.452. The van der Waals surface area contributed by atoms with Crippen LogP contribution in [0.2, 0.25) is 0 Å². The van der Waals surface area contributed by atoms with E-state index in [4.69, 9.17) is 17.2 Å². The van der Waals surface area contributed by atoms with Crippen LogP contribution >= 0.6 is 0 Å². The third kappa shape index (κ3) is 3.76. The number of aromatic nitrogens is 4. The predicted molar refractivity (Wildman–Crippen MR) is 115 cm³/mol. The highest BCUT2D eigenvalue weighted by Gasteiger charge is 2.24. The first kappa shape index (κ1) is 19.6. The summed E-state index contributed by atoms with van der Waals surface area (Å²) in [5.41, 5.74) is 22.7. The topological polar surface area (TPSA) is 133 Å². The lowest BCUT2D eigenvalue weighted by atomic mass is 9.84. The Labute approximate surface area is 173 Å². The smallest absolute Gasteiger partial charge is 0.181 e. The number of pyridine rings is 1. The first-order valence-electron chi connectivity index (χ1n) is 9.79. The quantitative estimate of drug-likeness (QED) is 0.492. The van der Waals surface area contributed by atoms with Gasteiger partial charge in [-0.3, -0.25) is 10.1 Å². The summed E-state index contributed by atoms with van der Waals surface area (Å²) in [5.74, 6) is 0.854. The number of hydrogen-bond donors (Lipinski definition) is 4. The molecule has 1 aromatic carbocycles. The summed E-state index contributed by atoms with van der Waals surface area (Å²) >= 11 is 0. The maximum absolute atomic E-state index is 14.2. The number of nitrogen functional groups attached to an aromatic ring is 1. The number of benzene rings is 1. The number of nitrogens with two attached hydrogens (primary N) is 3. The largest absolute Gasteiger partial charge is 0.401 e. The van der Waals surface area contributed by atoms with Crippen molar-refractivity contribution in [1.82, 2.24) is 20.2 Å². The van der Waals surface area contributed by atoms with E-state index in [0.29, 0.717) is 17.2 Å². The number of hydrogen-bond acceptors (Lipinski definition) is 6. The maximum atomic E-state index is 14.2. The molecule has 4 rings (SSSR count). The molecule has 0 radical (unpaired) electrons. The van der Waals surface area contributed by atoms with Crippen molar-refractivity contribution < 1.29 is 4.39 Å². The molecule has 30 heavy (non-hydrogen) atoms. The molecule has 0 amide bonds. The van der Waals surface area contributed by atoms with E-state index in [2.05, 4.69) is 20.2 Å². The van der Waals surface area contributed by atoms with E-state index < -0.39 is 5.82 Å². The average molecular weight is 405 g/mol. The molecule has 8 heteroatoms. The van der Waals surface area contributed by atoms with Crippen molar-refractivity contribution in [3.63, 3.8) is 0 Å². The number of halogens is 1. The maximum Gasteiger partial charge on any atom is 0.181 e. The van der Waals surface area contributed by atoms with Gasteiger partial charge in [0.25, 0.3) is 0 Å². The van der Waals surface area contributed by atoms with Gasteiger partial charge in [0, 0.05) is 34.8 Å². The Morgan fingerprint density at radius 3 is 2.83 bits per heavy atom. The molecule has 154 valence electrons. The van der Waals surface area contributed by atoms with Crippen LogP contribution in [-0.4, -0.2) is 20.2 Å². The number of nitrogens with zero attached hydrogens (tertiary/aromatic N) is 3. The summed E-state index contributed by atoms with van der Waals surface area (Å²) in [6.45, 7) is 1.85. The molecule has 1 aliphatic carbocycles. The van der Waals surface area contributed by atoms with Crippen LogP contribution < -0.4 is 17.2 Å². The molecule has 1 atom stereocenters. The van der Waals surface area contributed by atoms with Crippen LogP contribution in [0.1, 0.15) is 42.3 Å².